The van der Waals surface area contributed by atoms with Crippen LogP contribution in [0.15, 0.2) is 18.5 Å². The van der Waals surface area contributed by atoms with Crippen molar-refractivity contribution in [3.63, 3.8) is 0 Å². The molecule has 5 heteroatoms. The lowest BCUT2D eigenvalue weighted by molar-refractivity contribution is 0.0775. The van der Waals surface area contributed by atoms with Gasteiger partial charge in [-0.05, 0) is 57.3 Å². The van der Waals surface area contributed by atoms with Crippen LogP contribution in [0.3, 0.4) is 0 Å². The van der Waals surface area contributed by atoms with Gasteiger partial charge in [-0.25, -0.2) is 0 Å². The number of hydrogen-bond donors (Lipinski definition) is 0. The molecule has 1 aromatic heterocycles. The van der Waals surface area contributed by atoms with E-state index in [9.17, 15) is 4.79 Å². The number of carbonyl (C=O) groups is 1. The molecule has 2 aliphatic rings. The van der Waals surface area contributed by atoms with E-state index in [0.717, 1.165) is 38.5 Å². The molecule has 2 saturated heterocycles. The quantitative estimate of drug-likeness (QED) is 0.834. The summed E-state index contributed by atoms with van der Waals surface area (Å²) < 4.78 is 0. The monoisotopic (exact) mass is 298 g/mol. The van der Waals surface area contributed by atoms with Crippen molar-refractivity contribution < 1.29 is 4.79 Å². The maximum atomic E-state index is 12.6. The highest BCUT2D eigenvalue weighted by Crippen LogP contribution is 2.32. The van der Waals surface area contributed by atoms with E-state index in [1.807, 2.05) is 4.90 Å². The molecule has 3 rings (SSSR count). The van der Waals surface area contributed by atoms with E-state index in [1.165, 1.54) is 19.0 Å². The predicted octanol–water partition coefficient (Wildman–Crippen LogP) is 1.76. The van der Waals surface area contributed by atoms with Crippen LogP contribution in [0.1, 0.15) is 35.2 Å². The average Bonchev–Trinajstić information content (AvgIpc) is 3.05. The van der Waals surface area contributed by atoms with E-state index in [0.29, 0.717) is 17.0 Å². The molecule has 3 heterocycles. The zero-order chi connectivity index (χ0) is 15.5. The van der Waals surface area contributed by atoms with Gasteiger partial charge in [0.1, 0.15) is 6.07 Å². The first-order chi connectivity index (χ1) is 10.7. The van der Waals surface area contributed by atoms with Gasteiger partial charge in [0.15, 0.2) is 0 Å². The minimum Gasteiger partial charge on any atom is -0.338 e. The predicted molar refractivity (Wildman–Crippen MR) is 83.2 cm³/mol. The minimum absolute atomic E-state index is 0.0416. The average molecular weight is 298 g/mol. The Labute approximate surface area is 131 Å². The Morgan fingerprint density at radius 3 is 2.73 bits per heavy atom. The molecule has 0 saturated carbocycles. The fourth-order valence-corrected chi connectivity index (χ4v) is 3.69. The molecule has 5 nitrogen and oxygen atoms in total. The summed E-state index contributed by atoms with van der Waals surface area (Å²) >= 11 is 0. The zero-order valence-corrected chi connectivity index (χ0v) is 13.0. The smallest absolute Gasteiger partial charge is 0.256 e. The van der Waals surface area contributed by atoms with Crippen LogP contribution in [-0.2, 0) is 0 Å². The van der Waals surface area contributed by atoms with Crippen LogP contribution >= 0.6 is 0 Å². The van der Waals surface area contributed by atoms with Gasteiger partial charge < -0.3 is 9.80 Å². The molecular weight excluding hydrogens is 276 g/mol. The fourth-order valence-electron chi connectivity index (χ4n) is 3.69. The molecule has 1 amide bonds. The van der Waals surface area contributed by atoms with E-state index in [1.54, 1.807) is 12.3 Å². The zero-order valence-electron chi connectivity index (χ0n) is 13.0. The minimum atomic E-state index is -0.0416. The standard InChI is InChI=1S/C17H22N4O/c1-20-7-3-13(4-8-20)15-5-9-21(12-15)17(22)16-11-19-6-2-14(16)10-18/h2,6,11,13,15H,3-5,7-9,12H2,1H3. The van der Waals surface area contributed by atoms with Gasteiger partial charge in [0.2, 0.25) is 0 Å². The summed E-state index contributed by atoms with van der Waals surface area (Å²) in [4.78, 5) is 20.9. The molecule has 0 aliphatic carbocycles. The molecule has 1 unspecified atom stereocenters. The number of aromatic nitrogens is 1. The van der Waals surface area contributed by atoms with Gasteiger partial charge in [-0.2, -0.15) is 5.26 Å². The number of nitriles is 1. The molecular formula is C17H22N4O. The van der Waals surface area contributed by atoms with Crippen LogP contribution in [0.4, 0.5) is 0 Å². The summed E-state index contributed by atoms with van der Waals surface area (Å²) in [6.07, 6.45) is 6.63. The van der Waals surface area contributed by atoms with E-state index >= 15 is 0 Å². The molecule has 0 aromatic carbocycles. The lowest BCUT2D eigenvalue weighted by Crippen LogP contribution is -2.35. The molecule has 0 bridgehead atoms. The van der Waals surface area contributed by atoms with Crippen molar-refractivity contribution in [2.24, 2.45) is 11.8 Å². The Morgan fingerprint density at radius 1 is 1.27 bits per heavy atom. The van der Waals surface area contributed by atoms with Crippen LogP contribution in [0.5, 0.6) is 0 Å². The third-order valence-electron chi connectivity index (χ3n) is 5.11. The largest absolute Gasteiger partial charge is 0.338 e. The molecule has 116 valence electrons. The summed E-state index contributed by atoms with van der Waals surface area (Å²) in [7, 11) is 2.17. The second-order valence-electron chi connectivity index (χ2n) is 6.47. The van der Waals surface area contributed by atoms with Gasteiger partial charge in [-0.3, -0.25) is 9.78 Å². The maximum absolute atomic E-state index is 12.6. The first-order valence-corrected chi connectivity index (χ1v) is 8.01. The number of pyridine rings is 1. The number of rotatable bonds is 2. The van der Waals surface area contributed by atoms with Crippen molar-refractivity contribution in [3.05, 3.63) is 29.6 Å². The van der Waals surface area contributed by atoms with Gasteiger partial charge in [0, 0.05) is 25.5 Å². The third-order valence-corrected chi connectivity index (χ3v) is 5.11. The van der Waals surface area contributed by atoms with Gasteiger partial charge in [0.05, 0.1) is 11.1 Å². The van der Waals surface area contributed by atoms with Crippen LogP contribution in [0.2, 0.25) is 0 Å². The molecule has 2 aliphatic heterocycles. The molecule has 1 atom stereocenters. The summed E-state index contributed by atoms with van der Waals surface area (Å²) in [6, 6.07) is 3.70. The van der Waals surface area contributed by atoms with Crippen LogP contribution in [0.25, 0.3) is 0 Å². The van der Waals surface area contributed by atoms with Crippen molar-refractivity contribution in [3.8, 4) is 6.07 Å². The van der Waals surface area contributed by atoms with E-state index < -0.39 is 0 Å². The molecule has 1 aromatic rings. The van der Waals surface area contributed by atoms with Gasteiger partial charge >= 0.3 is 0 Å². The lowest BCUT2D eigenvalue weighted by atomic mass is 9.84. The third kappa shape index (κ3) is 2.97. The Balaban J connectivity index is 1.65. The number of likely N-dealkylation sites (tertiary alicyclic amines) is 2. The highest BCUT2D eigenvalue weighted by Gasteiger charge is 2.34. The summed E-state index contributed by atoms with van der Waals surface area (Å²) in [5.41, 5.74) is 0.858. The topological polar surface area (TPSA) is 60.2 Å². The van der Waals surface area contributed by atoms with Crippen molar-refractivity contribution in [2.75, 3.05) is 33.2 Å². The lowest BCUT2D eigenvalue weighted by Gasteiger charge is -2.32. The Bertz CT molecular complexity index is 587. The van der Waals surface area contributed by atoms with Crippen LogP contribution in [0, 0.1) is 23.2 Å². The highest BCUT2D eigenvalue weighted by molar-refractivity contribution is 5.96. The second-order valence-corrected chi connectivity index (χ2v) is 6.47. The van der Waals surface area contributed by atoms with Crippen molar-refractivity contribution in [2.45, 2.75) is 19.3 Å². The number of piperidine rings is 1. The van der Waals surface area contributed by atoms with Crippen molar-refractivity contribution in [1.82, 2.24) is 14.8 Å². The number of hydrogen-bond acceptors (Lipinski definition) is 4. The summed E-state index contributed by atoms with van der Waals surface area (Å²) in [5, 5.41) is 9.14. The second kappa shape index (κ2) is 6.45. The summed E-state index contributed by atoms with van der Waals surface area (Å²) in [6.45, 7) is 3.95. The maximum Gasteiger partial charge on any atom is 0.256 e. The summed E-state index contributed by atoms with van der Waals surface area (Å²) in [5.74, 6) is 1.30. The number of carbonyl (C=O) groups excluding carboxylic acids is 1. The molecule has 2 fully saturated rings. The normalized spacial score (nSPS) is 23.5. The number of amides is 1. The molecule has 0 N–H and O–H groups in total. The molecule has 0 radical (unpaired) electrons. The molecule has 22 heavy (non-hydrogen) atoms. The first-order valence-electron chi connectivity index (χ1n) is 8.01. The fraction of sp³-hybridized carbons (Fsp3) is 0.588. The van der Waals surface area contributed by atoms with Gasteiger partial charge in [-0.15, -0.1) is 0 Å². The first kappa shape index (κ1) is 15.0. The van der Waals surface area contributed by atoms with Crippen molar-refractivity contribution in [1.29, 1.82) is 5.26 Å². The van der Waals surface area contributed by atoms with Crippen LogP contribution in [-0.4, -0.2) is 53.9 Å². The van der Waals surface area contributed by atoms with Crippen molar-refractivity contribution >= 4 is 5.91 Å². The Hall–Kier alpha value is -1.93. The number of nitrogens with zero attached hydrogens (tertiary/aromatic N) is 4. The Morgan fingerprint density at radius 2 is 2.00 bits per heavy atom. The van der Waals surface area contributed by atoms with Gasteiger partial charge in [0.25, 0.3) is 5.91 Å². The van der Waals surface area contributed by atoms with Crippen LogP contribution < -0.4 is 0 Å². The molecule has 0 spiro atoms. The van der Waals surface area contributed by atoms with E-state index in [2.05, 4.69) is 23.0 Å². The van der Waals surface area contributed by atoms with Gasteiger partial charge in [-0.1, -0.05) is 0 Å². The SMILES string of the molecule is CN1CCC(C2CCN(C(=O)c3cnccc3C#N)C2)CC1. The van der Waals surface area contributed by atoms with E-state index in [-0.39, 0.29) is 5.91 Å². The van der Waals surface area contributed by atoms with E-state index in [4.69, 9.17) is 5.26 Å². The highest BCUT2D eigenvalue weighted by atomic mass is 16.2. The Kier molecular flexibility index (Phi) is 4.39.